The Morgan fingerprint density at radius 2 is 1.51 bits per heavy atom. The van der Waals surface area contributed by atoms with E-state index in [4.69, 9.17) is 11.5 Å². The van der Waals surface area contributed by atoms with Crippen LogP contribution in [0.2, 0.25) is 0 Å². The molecule has 0 aliphatic rings. The molecule has 1 aromatic carbocycles. The molecule has 12 heteroatoms. The fourth-order valence-electron chi connectivity index (χ4n) is 3.19. The molecule has 0 saturated heterocycles. The predicted molar refractivity (Wildman–Crippen MR) is 133 cm³/mol. The van der Waals surface area contributed by atoms with Gasteiger partial charge in [-0.05, 0) is 29.9 Å². The lowest BCUT2D eigenvalue weighted by molar-refractivity contribution is -0.143. The van der Waals surface area contributed by atoms with Crippen molar-refractivity contribution in [3.63, 3.8) is 0 Å². The molecule has 35 heavy (non-hydrogen) atoms. The molecule has 0 spiro atoms. The van der Waals surface area contributed by atoms with Crippen LogP contribution in [0, 0.1) is 5.92 Å². The molecule has 0 heterocycles. The molecule has 8 N–H and O–H groups in total. The molecule has 1 aromatic rings. The number of nitrogens with two attached hydrogens (primary N) is 2. The Morgan fingerprint density at radius 1 is 0.943 bits per heavy atom. The molecule has 4 amide bonds. The minimum absolute atomic E-state index is 0.0995. The zero-order chi connectivity index (χ0) is 26.5. The van der Waals surface area contributed by atoms with Gasteiger partial charge in [0.25, 0.3) is 0 Å². The fraction of sp³-hybridized carbons (Fsp3) is 0.522. The van der Waals surface area contributed by atoms with Gasteiger partial charge in [0, 0.05) is 6.42 Å². The van der Waals surface area contributed by atoms with Gasteiger partial charge in [-0.15, -0.1) is 0 Å². The van der Waals surface area contributed by atoms with Gasteiger partial charge >= 0.3 is 5.97 Å². The maximum absolute atomic E-state index is 13.2. The maximum Gasteiger partial charge on any atom is 0.326 e. The van der Waals surface area contributed by atoms with Crippen LogP contribution in [0.15, 0.2) is 30.3 Å². The zero-order valence-electron chi connectivity index (χ0n) is 20.2. The number of carboxylic acid groups (broad SMARTS) is 1. The Morgan fingerprint density at radius 3 is 2.03 bits per heavy atom. The Balaban J connectivity index is 3.09. The van der Waals surface area contributed by atoms with E-state index in [2.05, 4.69) is 16.0 Å². The molecule has 0 radical (unpaired) electrons. The molecule has 0 aliphatic heterocycles. The van der Waals surface area contributed by atoms with Gasteiger partial charge in [0.1, 0.15) is 18.1 Å². The monoisotopic (exact) mass is 509 g/mol. The van der Waals surface area contributed by atoms with Crippen LogP contribution in [0.1, 0.15) is 32.3 Å². The first kappa shape index (κ1) is 29.9. The molecule has 11 nitrogen and oxygen atoms in total. The number of primary amides is 1. The summed E-state index contributed by atoms with van der Waals surface area (Å²) in [6.45, 7) is 3.32. The van der Waals surface area contributed by atoms with Crippen LogP contribution < -0.4 is 27.4 Å². The summed E-state index contributed by atoms with van der Waals surface area (Å²) in [6, 6.07) is 4.41. The van der Waals surface area contributed by atoms with Crippen molar-refractivity contribution in [3.05, 3.63) is 35.9 Å². The third-order valence-corrected chi connectivity index (χ3v) is 5.79. The number of thioether (sulfide) groups is 1. The minimum Gasteiger partial charge on any atom is -0.480 e. The summed E-state index contributed by atoms with van der Waals surface area (Å²) in [4.78, 5) is 61.2. The first-order valence-corrected chi connectivity index (χ1v) is 12.6. The fourth-order valence-corrected chi connectivity index (χ4v) is 3.66. The average molecular weight is 510 g/mol. The van der Waals surface area contributed by atoms with Crippen LogP contribution in [-0.2, 0) is 30.4 Å². The van der Waals surface area contributed by atoms with Gasteiger partial charge in [0.2, 0.25) is 23.6 Å². The second kappa shape index (κ2) is 15.0. The summed E-state index contributed by atoms with van der Waals surface area (Å²) < 4.78 is 0. The highest BCUT2D eigenvalue weighted by Crippen LogP contribution is 2.08. The lowest BCUT2D eigenvalue weighted by Gasteiger charge is -2.26. The summed E-state index contributed by atoms with van der Waals surface area (Å²) in [5.74, 6) is -3.81. The number of amides is 4. The van der Waals surface area contributed by atoms with Crippen molar-refractivity contribution in [2.75, 3.05) is 12.0 Å². The van der Waals surface area contributed by atoms with Crippen molar-refractivity contribution in [1.82, 2.24) is 16.0 Å². The summed E-state index contributed by atoms with van der Waals surface area (Å²) in [7, 11) is 0. The van der Waals surface area contributed by atoms with Crippen molar-refractivity contribution in [1.29, 1.82) is 0 Å². The topological polar surface area (TPSA) is 194 Å². The Bertz CT molecular complexity index is 882. The van der Waals surface area contributed by atoms with Crippen molar-refractivity contribution >= 4 is 41.4 Å². The predicted octanol–water partition coefficient (Wildman–Crippen LogP) is -0.620. The Hall–Kier alpha value is -3.12. The summed E-state index contributed by atoms with van der Waals surface area (Å²) in [6.07, 6.45) is 1.79. The number of benzene rings is 1. The van der Waals surface area contributed by atoms with Crippen LogP contribution in [0.3, 0.4) is 0 Å². The van der Waals surface area contributed by atoms with Crippen molar-refractivity contribution in [3.8, 4) is 0 Å². The van der Waals surface area contributed by atoms with E-state index in [0.29, 0.717) is 5.75 Å². The van der Waals surface area contributed by atoms with Crippen molar-refractivity contribution in [2.45, 2.75) is 57.3 Å². The quantitative estimate of drug-likeness (QED) is 0.180. The third-order valence-electron chi connectivity index (χ3n) is 5.15. The molecule has 0 saturated carbocycles. The highest BCUT2D eigenvalue weighted by Gasteiger charge is 2.31. The first-order chi connectivity index (χ1) is 16.5. The van der Waals surface area contributed by atoms with E-state index >= 15 is 0 Å². The highest BCUT2D eigenvalue weighted by atomic mass is 32.2. The smallest absolute Gasteiger partial charge is 0.326 e. The van der Waals surface area contributed by atoms with Gasteiger partial charge in [-0.3, -0.25) is 19.2 Å². The molecule has 4 atom stereocenters. The van der Waals surface area contributed by atoms with E-state index in [-0.39, 0.29) is 18.8 Å². The van der Waals surface area contributed by atoms with Gasteiger partial charge in [-0.25, -0.2) is 4.79 Å². The third kappa shape index (κ3) is 10.8. The van der Waals surface area contributed by atoms with Crippen LogP contribution in [0.4, 0.5) is 0 Å². The average Bonchev–Trinajstić information content (AvgIpc) is 2.79. The van der Waals surface area contributed by atoms with Crippen molar-refractivity contribution < 1.29 is 29.1 Å². The van der Waals surface area contributed by atoms with E-state index in [9.17, 15) is 29.1 Å². The van der Waals surface area contributed by atoms with E-state index in [1.165, 1.54) is 11.8 Å². The molecule has 0 aliphatic carbocycles. The van der Waals surface area contributed by atoms with Crippen LogP contribution in [0.25, 0.3) is 0 Å². The van der Waals surface area contributed by atoms with Gasteiger partial charge in [0.15, 0.2) is 0 Å². The molecular formula is C23H35N5O6S. The number of rotatable bonds is 15. The van der Waals surface area contributed by atoms with Crippen LogP contribution >= 0.6 is 11.8 Å². The van der Waals surface area contributed by atoms with Gasteiger partial charge in [-0.1, -0.05) is 44.2 Å². The van der Waals surface area contributed by atoms with Crippen LogP contribution in [-0.4, -0.2) is 70.9 Å². The Kier molecular flexibility index (Phi) is 12.8. The van der Waals surface area contributed by atoms with E-state index in [0.717, 1.165) is 5.56 Å². The molecule has 1 rings (SSSR count). The summed E-state index contributed by atoms with van der Waals surface area (Å²) in [5.41, 5.74) is 11.6. The molecule has 194 valence electrons. The molecular weight excluding hydrogens is 474 g/mol. The lowest BCUT2D eigenvalue weighted by Crippen LogP contribution is -2.58. The number of nitrogens with one attached hydrogen (secondary N) is 3. The second-order valence-corrected chi connectivity index (χ2v) is 9.42. The number of aliphatic carboxylic acids is 1. The van der Waals surface area contributed by atoms with Crippen molar-refractivity contribution in [2.24, 2.45) is 17.4 Å². The van der Waals surface area contributed by atoms with Gasteiger partial charge in [0.05, 0.1) is 12.5 Å². The maximum atomic E-state index is 13.2. The molecule has 4 unspecified atom stereocenters. The molecule has 0 fully saturated rings. The largest absolute Gasteiger partial charge is 0.480 e. The molecule has 0 bridgehead atoms. The summed E-state index contributed by atoms with van der Waals surface area (Å²) >= 11 is 1.46. The number of hydrogen-bond acceptors (Lipinski definition) is 7. The number of hydrogen-bond donors (Lipinski definition) is 6. The lowest BCUT2D eigenvalue weighted by atomic mass is 10.0. The number of carbonyl (C=O) groups is 5. The van der Waals surface area contributed by atoms with Gasteiger partial charge < -0.3 is 32.5 Å². The highest BCUT2D eigenvalue weighted by molar-refractivity contribution is 7.98. The number of carboxylic acids is 1. The SMILES string of the molecule is CSCCC(NC(=O)C(Cc1ccccc1)NC(=O)C(N)CC(N)=O)C(=O)NC(C(=O)O)C(C)C. The van der Waals surface area contributed by atoms with Gasteiger partial charge in [-0.2, -0.15) is 11.8 Å². The summed E-state index contributed by atoms with van der Waals surface area (Å²) in [5, 5.41) is 17.0. The normalized spacial score (nSPS) is 14.3. The zero-order valence-corrected chi connectivity index (χ0v) is 21.0. The van der Waals surface area contributed by atoms with E-state index < -0.39 is 60.2 Å². The standard InChI is InChI=1S/C23H35N5O6S/c1-13(2)19(23(33)34)28-21(31)16(9-10-35-3)26-22(32)17(11-14-7-5-4-6-8-14)27-20(30)15(24)12-18(25)29/h4-8,13,15-17,19H,9-12,24H2,1-3H3,(H2,25,29)(H,26,32)(H,27,30)(H,28,31)(H,33,34). The first-order valence-electron chi connectivity index (χ1n) is 11.2. The molecule has 0 aromatic heterocycles. The van der Waals surface area contributed by atoms with E-state index in [1.807, 2.05) is 6.26 Å². The van der Waals surface area contributed by atoms with E-state index in [1.54, 1.807) is 44.2 Å². The Labute approximate surface area is 209 Å². The number of carbonyl (C=O) groups excluding carboxylic acids is 4. The second-order valence-electron chi connectivity index (χ2n) is 8.44. The minimum atomic E-state index is -1.24. The van der Waals surface area contributed by atoms with Crippen LogP contribution in [0.5, 0.6) is 0 Å².